The van der Waals surface area contributed by atoms with Crippen molar-refractivity contribution in [2.24, 2.45) is 5.10 Å². The molecule has 0 aliphatic rings. The first-order valence-electron chi connectivity index (χ1n) is 12.2. The molecule has 198 valence electrons. The molecule has 0 spiro atoms. The van der Waals surface area contributed by atoms with Gasteiger partial charge in [0.2, 0.25) is 0 Å². The average molecular weight is 599 g/mol. The lowest BCUT2D eigenvalue weighted by Gasteiger charge is -2.15. The zero-order chi connectivity index (χ0) is 27.2. The van der Waals surface area contributed by atoms with Gasteiger partial charge in [-0.25, -0.2) is 5.43 Å². The standard InChI is InChI=1S/C29H29BrClN3O4/c1-5-20(4)37-28-25(30)14-21(15-26(28)31)16-32-33-29(35)27-13-12-24(38-27)17-36-23-10-8-22(9-11-23)34-18(2)6-7-19(34)3/h6-16,20H,5,17H2,1-4H3,(H,33,35)/b32-16+/t20-/m0/s1. The number of halogens is 2. The van der Waals surface area contributed by atoms with E-state index in [2.05, 4.69) is 57.0 Å². The van der Waals surface area contributed by atoms with E-state index in [-0.39, 0.29) is 18.5 Å². The van der Waals surface area contributed by atoms with E-state index < -0.39 is 5.91 Å². The highest BCUT2D eigenvalue weighted by Crippen LogP contribution is 2.35. The molecule has 1 N–H and O–H groups in total. The van der Waals surface area contributed by atoms with Gasteiger partial charge >= 0.3 is 5.91 Å². The molecule has 0 radical (unpaired) electrons. The van der Waals surface area contributed by atoms with Crippen LogP contribution in [0.5, 0.6) is 11.5 Å². The maximum Gasteiger partial charge on any atom is 0.307 e. The predicted octanol–water partition coefficient (Wildman–Crippen LogP) is 7.62. The summed E-state index contributed by atoms with van der Waals surface area (Å²) < 4.78 is 20.2. The van der Waals surface area contributed by atoms with E-state index in [0.717, 1.165) is 12.1 Å². The Morgan fingerprint density at radius 1 is 1.13 bits per heavy atom. The van der Waals surface area contributed by atoms with E-state index in [1.54, 1.807) is 18.2 Å². The summed E-state index contributed by atoms with van der Waals surface area (Å²) in [6.45, 7) is 8.35. The van der Waals surface area contributed by atoms with Crippen molar-refractivity contribution < 1.29 is 18.7 Å². The molecule has 0 bridgehead atoms. The van der Waals surface area contributed by atoms with Crippen LogP contribution in [0, 0.1) is 13.8 Å². The van der Waals surface area contributed by atoms with Gasteiger partial charge in [0.05, 0.1) is 21.8 Å². The van der Waals surface area contributed by atoms with Gasteiger partial charge in [0.25, 0.3) is 0 Å². The number of carbonyl (C=O) groups is 1. The van der Waals surface area contributed by atoms with E-state index in [1.165, 1.54) is 17.6 Å². The number of nitrogens with zero attached hydrogens (tertiary/aromatic N) is 2. The number of carbonyl (C=O) groups excluding carboxylic acids is 1. The molecule has 4 aromatic rings. The molecule has 0 saturated heterocycles. The van der Waals surface area contributed by atoms with Crippen LogP contribution in [0.3, 0.4) is 0 Å². The van der Waals surface area contributed by atoms with Crippen LogP contribution >= 0.6 is 27.5 Å². The largest absolute Gasteiger partial charge is 0.488 e. The van der Waals surface area contributed by atoms with Crippen molar-refractivity contribution in [2.75, 3.05) is 0 Å². The first-order chi connectivity index (χ1) is 18.2. The zero-order valence-corrected chi connectivity index (χ0v) is 24.0. The minimum Gasteiger partial charge on any atom is -0.488 e. The number of furan rings is 1. The highest BCUT2D eigenvalue weighted by atomic mass is 79.9. The number of ether oxygens (including phenoxy) is 2. The van der Waals surface area contributed by atoms with Crippen LogP contribution in [0.2, 0.25) is 5.02 Å². The van der Waals surface area contributed by atoms with Gasteiger partial charge in [-0.2, -0.15) is 5.10 Å². The number of hydrazone groups is 1. The van der Waals surface area contributed by atoms with Crippen LogP contribution < -0.4 is 14.9 Å². The SMILES string of the molecule is CC[C@H](C)Oc1c(Cl)cc(/C=N/NC(=O)c2ccc(COc3ccc(-n4c(C)ccc4C)cc3)o2)cc1Br. The molecule has 0 fully saturated rings. The monoisotopic (exact) mass is 597 g/mol. The second kappa shape index (κ2) is 12.4. The van der Waals surface area contributed by atoms with E-state index in [9.17, 15) is 4.79 Å². The predicted molar refractivity (Wildman–Crippen MR) is 153 cm³/mol. The number of nitrogens with one attached hydrogen (secondary N) is 1. The van der Waals surface area contributed by atoms with Gasteiger partial charge in [-0.3, -0.25) is 4.79 Å². The Labute approximate surface area is 235 Å². The van der Waals surface area contributed by atoms with Crippen LogP contribution in [0.25, 0.3) is 5.69 Å². The minimum atomic E-state index is -0.476. The van der Waals surface area contributed by atoms with Crippen molar-refractivity contribution in [3.63, 3.8) is 0 Å². The van der Waals surface area contributed by atoms with Gasteiger partial charge in [0.15, 0.2) is 11.5 Å². The molecule has 2 aromatic heterocycles. The van der Waals surface area contributed by atoms with Gasteiger partial charge in [0, 0.05) is 17.1 Å². The molecule has 2 aromatic carbocycles. The lowest BCUT2D eigenvalue weighted by atomic mass is 10.2. The van der Waals surface area contributed by atoms with Gasteiger partial charge < -0.3 is 18.5 Å². The molecule has 7 nitrogen and oxygen atoms in total. The normalized spacial score (nSPS) is 12.1. The third-order valence-electron chi connectivity index (χ3n) is 5.93. The van der Waals surface area contributed by atoms with E-state index in [1.807, 2.05) is 44.2 Å². The van der Waals surface area contributed by atoms with Crippen molar-refractivity contribution in [1.29, 1.82) is 0 Å². The minimum absolute atomic E-state index is 0.0375. The van der Waals surface area contributed by atoms with Crippen molar-refractivity contribution in [3.8, 4) is 17.2 Å². The summed E-state index contributed by atoms with van der Waals surface area (Å²) in [7, 11) is 0. The van der Waals surface area contributed by atoms with Crippen LogP contribution in [0.15, 0.2) is 74.7 Å². The summed E-state index contributed by atoms with van der Waals surface area (Å²) in [6, 6.07) is 18.8. The molecule has 2 heterocycles. The van der Waals surface area contributed by atoms with Gasteiger partial charge in [-0.1, -0.05) is 18.5 Å². The molecule has 0 unspecified atom stereocenters. The second-order valence-corrected chi connectivity index (χ2v) is 10.1. The summed E-state index contributed by atoms with van der Waals surface area (Å²) in [4.78, 5) is 12.5. The average Bonchev–Trinajstić information content (AvgIpc) is 3.51. The molecule has 9 heteroatoms. The van der Waals surface area contributed by atoms with Crippen LogP contribution in [-0.2, 0) is 6.61 Å². The van der Waals surface area contributed by atoms with Crippen molar-refractivity contribution >= 4 is 39.7 Å². The highest BCUT2D eigenvalue weighted by Gasteiger charge is 2.13. The second-order valence-electron chi connectivity index (χ2n) is 8.85. The molecular formula is C29H29BrClN3O4. The molecular weight excluding hydrogens is 570 g/mol. The van der Waals surface area contributed by atoms with Crippen LogP contribution in [0.4, 0.5) is 0 Å². The summed E-state index contributed by atoms with van der Waals surface area (Å²) in [5.74, 6) is 1.46. The van der Waals surface area contributed by atoms with E-state index in [0.29, 0.717) is 32.3 Å². The van der Waals surface area contributed by atoms with Gasteiger partial charge in [0.1, 0.15) is 18.1 Å². The smallest absolute Gasteiger partial charge is 0.307 e. The van der Waals surface area contributed by atoms with Crippen molar-refractivity contribution in [1.82, 2.24) is 9.99 Å². The molecule has 1 atom stereocenters. The molecule has 0 aliphatic heterocycles. The number of hydrogen-bond acceptors (Lipinski definition) is 5. The first kappa shape index (κ1) is 27.5. The lowest BCUT2D eigenvalue weighted by molar-refractivity contribution is 0.0923. The Balaban J connectivity index is 1.31. The fraction of sp³-hybridized carbons (Fsp3) is 0.241. The van der Waals surface area contributed by atoms with Crippen LogP contribution in [-0.4, -0.2) is 22.8 Å². The maximum atomic E-state index is 12.5. The molecule has 0 aliphatic carbocycles. The summed E-state index contributed by atoms with van der Waals surface area (Å²) in [5, 5.41) is 4.46. The number of benzene rings is 2. The van der Waals surface area contributed by atoms with E-state index in [4.69, 9.17) is 25.5 Å². The number of amides is 1. The maximum absolute atomic E-state index is 12.5. The Hall–Kier alpha value is -3.49. The molecule has 38 heavy (non-hydrogen) atoms. The lowest BCUT2D eigenvalue weighted by Crippen LogP contribution is -2.16. The van der Waals surface area contributed by atoms with Crippen LogP contribution in [0.1, 0.15) is 53.5 Å². The van der Waals surface area contributed by atoms with Gasteiger partial charge in [-0.15, -0.1) is 0 Å². The van der Waals surface area contributed by atoms with Crippen molar-refractivity contribution in [3.05, 3.63) is 98.6 Å². The number of aryl methyl sites for hydroxylation is 2. The van der Waals surface area contributed by atoms with Crippen molar-refractivity contribution in [2.45, 2.75) is 46.8 Å². The Morgan fingerprint density at radius 3 is 2.50 bits per heavy atom. The molecule has 1 amide bonds. The first-order valence-corrected chi connectivity index (χ1v) is 13.4. The topological polar surface area (TPSA) is 78.0 Å². The van der Waals surface area contributed by atoms with Gasteiger partial charge in [-0.05, 0) is 109 Å². The fourth-order valence-electron chi connectivity index (χ4n) is 3.77. The number of aromatic nitrogens is 1. The summed E-state index contributed by atoms with van der Waals surface area (Å²) in [6.07, 6.45) is 2.39. The Kier molecular flexibility index (Phi) is 8.97. The summed E-state index contributed by atoms with van der Waals surface area (Å²) >= 11 is 9.84. The quantitative estimate of drug-likeness (QED) is 0.150. The third-order valence-corrected chi connectivity index (χ3v) is 6.80. The Morgan fingerprint density at radius 2 is 1.84 bits per heavy atom. The number of rotatable bonds is 10. The molecule has 0 saturated carbocycles. The number of hydrogen-bond donors (Lipinski definition) is 1. The zero-order valence-electron chi connectivity index (χ0n) is 21.6. The van der Waals surface area contributed by atoms with E-state index >= 15 is 0 Å². The third kappa shape index (κ3) is 6.68. The fourth-order valence-corrected chi connectivity index (χ4v) is 4.73. The molecule has 4 rings (SSSR count). The Bertz CT molecular complexity index is 1400. The summed E-state index contributed by atoms with van der Waals surface area (Å²) in [5.41, 5.74) is 6.57. The highest BCUT2D eigenvalue weighted by molar-refractivity contribution is 9.10.